The van der Waals surface area contributed by atoms with E-state index in [4.69, 9.17) is 5.73 Å². The molecule has 0 amide bonds. The molecule has 24 heavy (non-hydrogen) atoms. The van der Waals surface area contributed by atoms with Gasteiger partial charge in [0.25, 0.3) is 11.3 Å². The minimum Gasteiger partial charge on any atom is -0.399 e. The van der Waals surface area contributed by atoms with E-state index < -0.39 is 0 Å². The third kappa shape index (κ3) is 2.67. The number of thiophene rings is 1. The summed E-state index contributed by atoms with van der Waals surface area (Å²) in [4.78, 5) is 14.0. The first-order valence-corrected chi connectivity index (χ1v) is 8.25. The van der Waals surface area contributed by atoms with Crippen LogP contribution in [-0.4, -0.2) is 24.4 Å². The molecule has 0 spiro atoms. The minimum absolute atomic E-state index is 0.161. The molecule has 7 nitrogen and oxygen atoms in total. The number of hydrogen-bond donors (Lipinski definition) is 1. The third-order valence-electron chi connectivity index (χ3n) is 3.69. The highest BCUT2D eigenvalue weighted by Crippen LogP contribution is 2.13. The van der Waals surface area contributed by atoms with Crippen molar-refractivity contribution in [1.29, 1.82) is 0 Å². The van der Waals surface area contributed by atoms with Crippen LogP contribution in [0, 0.1) is 0 Å². The Balaban J connectivity index is 1.82. The number of anilines is 1. The Morgan fingerprint density at radius 1 is 1.21 bits per heavy atom. The first-order valence-electron chi connectivity index (χ1n) is 7.37. The second-order valence-electron chi connectivity index (χ2n) is 5.41. The molecule has 2 N–H and O–H groups in total. The Bertz CT molecular complexity index is 1050. The van der Waals surface area contributed by atoms with Gasteiger partial charge in [0.2, 0.25) is 0 Å². The van der Waals surface area contributed by atoms with Crippen molar-refractivity contribution in [2.75, 3.05) is 5.73 Å². The maximum Gasteiger partial charge on any atom is 0.277 e. The molecule has 0 aliphatic heterocycles. The molecule has 0 unspecified atom stereocenters. The maximum atomic E-state index is 12.9. The molecule has 3 aromatic heterocycles. The maximum absolute atomic E-state index is 12.9. The second-order valence-corrected chi connectivity index (χ2v) is 6.45. The predicted molar refractivity (Wildman–Crippen MR) is 92.1 cm³/mol. The molecular formula is C16H14N6OS. The molecule has 1 aromatic carbocycles. The lowest BCUT2D eigenvalue weighted by atomic mass is 10.2. The van der Waals surface area contributed by atoms with Crippen molar-refractivity contribution in [2.24, 2.45) is 0 Å². The van der Waals surface area contributed by atoms with Gasteiger partial charge in [0.1, 0.15) is 12.0 Å². The van der Waals surface area contributed by atoms with E-state index >= 15 is 0 Å². The molecule has 0 atom stereocenters. The molecule has 3 heterocycles. The van der Waals surface area contributed by atoms with E-state index in [2.05, 4.69) is 15.3 Å². The monoisotopic (exact) mass is 338 g/mol. The number of aromatic nitrogens is 5. The molecule has 0 saturated carbocycles. The number of nitrogens with zero attached hydrogens (tertiary/aromatic N) is 5. The summed E-state index contributed by atoms with van der Waals surface area (Å²) in [6.45, 7) is 0.367. The summed E-state index contributed by atoms with van der Waals surface area (Å²) in [5, 5.41) is 14.2. The topological polar surface area (TPSA) is 91.1 Å². The first kappa shape index (κ1) is 14.6. The van der Waals surface area contributed by atoms with Crippen LogP contribution in [-0.2, 0) is 13.0 Å². The number of hydrogen-bond acceptors (Lipinski definition) is 6. The van der Waals surface area contributed by atoms with Crippen molar-refractivity contribution >= 4 is 22.8 Å². The molecule has 4 rings (SSSR count). The van der Waals surface area contributed by atoms with Crippen LogP contribution < -0.4 is 11.3 Å². The average molecular weight is 338 g/mol. The van der Waals surface area contributed by atoms with E-state index in [1.807, 2.05) is 41.8 Å². The lowest BCUT2D eigenvalue weighted by Gasteiger charge is -2.09. The predicted octanol–water partition coefficient (Wildman–Crippen LogP) is 1.57. The number of rotatable bonds is 4. The highest BCUT2D eigenvalue weighted by Gasteiger charge is 2.14. The molecule has 0 aliphatic carbocycles. The molecule has 0 bridgehead atoms. The summed E-state index contributed by atoms with van der Waals surface area (Å²) in [6.07, 6.45) is 1.99. The summed E-state index contributed by atoms with van der Waals surface area (Å²) in [5.41, 5.74) is 7.72. The van der Waals surface area contributed by atoms with Crippen molar-refractivity contribution in [3.05, 3.63) is 74.6 Å². The number of nitrogens with two attached hydrogens (primary N) is 1. The van der Waals surface area contributed by atoms with Crippen LogP contribution >= 0.6 is 11.3 Å². The summed E-state index contributed by atoms with van der Waals surface area (Å²) in [5.74, 6) is 0.414. The van der Waals surface area contributed by atoms with Gasteiger partial charge in [0.15, 0.2) is 0 Å². The van der Waals surface area contributed by atoms with Gasteiger partial charge in [-0.25, -0.2) is 0 Å². The second kappa shape index (κ2) is 5.89. The summed E-state index contributed by atoms with van der Waals surface area (Å²) >= 11 is 1.60. The molecule has 0 saturated heterocycles. The number of benzene rings is 1. The van der Waals surface area contributed by atoms with Gasteiger partial charge in [0, 0.05) is 17.0 Å². The third-order valence-corrected chi connectivity index (χ3v) is 4.56. The molecule has 4 aromatic rings. The smallest absolute Gasteiger partial charge is 0.277 e. The molecule has 8 heteroatoms. The fourth-order valence-electron chi connectivity index (χ4n) is 2.60. The first-order chi connectivity index (χ1) is 11.7. The SMILES string of the molecule is Nc1cccc(Cn2c(=O)c(Cc3cccs3)nn3cnnc23)c1. The van der Waals surface area contributed by atoms with Gasteiger partial charge in [-0.15, -0.1) is 21.5 Å². The van der Waals surface area contributed by atoms with E-state index in [0.717, 1.165) is 10.4 Å². The zero-order valence-corrected chi connectivity index (χ0v) is 13.5. The number of fused-ring (bicyclic) bond motifs is 1. The molecule has 0 aliphatic rings. The fraction of sp³-hybridized carbons (Fsp3) is 0.125. The quantitative estimate of drug-likeness (QED) is 0.570. The normalized spacial score (nSPS) is 11.2. The standard InChI is InChI=1S/C16H14N6OS/c17-12-4-1-3-11(7-12)9-21-15(23)14(8-13-5-2-6-24-13)20-22-10-18-19-16(21)22/h1-7,10H,8-9,17H2. The van der Waals surface area contributed by atoms with Crippen LogP contribution in [0.1, 0.15) is 16.1 Å². The van der Waals surface area contributed by atoms with Crippen LogP contribution in [0.4, 0.5) is 5.69 Å². The van der Waals surface area contributed by atoms with Crippen LogP contribution in [0.2, 0.25) is 0 Å². The van der Waals surface area contributed by atoms with Crippen molar-refractivity contribution in [3.63, 3.8) is 0 Å². The summed E-state index contributed by atoms with van der Waals surface area (Å²) in [7, 11) is 0. The Morgan fingerprint density at radius 2 is 2.12 bits per heavy atom. The van der Waals surface area contributed by atoms with Crippen LogP contribution in [0.5, 0.6) is 0 Å². The van der Waals surface area contributed by atoms with E-state index in [-0.39, 0.29) is 5.56 Å². The average Bonchev–Trinajstić information content (AvgIpc) is 3.23. The zero-order chi connectivity index (χ0) is 16.5. The summed E-state index contributed by atoms with van der Waals surface area (Å²) in [6, 6.07) is 11.4. The Labute approximate surface area is 141 Å². The molecule has 120 valence electrons. The van der Waals surface area contributed by atoms with Crippen LogP contribution in [0.3, 0.4) is 0 Å². The van der Waals surface area contributed by atoms with E-state index in [0.29, 0.717) is 30.1 Å². The fourth-order valence-corrected chi connectivity index (χ4v) is 3.31. The van der Waals surface area contributed by atoms with Crippen molar-refractivity contribution in [1.82, 2.24) is 24.4 Å². The van der Waals surface area contributed by atoms with Crippen LogP contribution in [0.15, 0.2) is 52.9 Å². The molecule has 0 radical (unpaired) electrons. The molecular weight excluding hydrogens is 324 g/mol. The number of nitrogen functional groups attached to an aromatic ring is 1. The minimum atomic E-state index is -0.161. The van der Waals surface area contributed by atoms with Crippen molar-refractivity contribution in [2.45, 2.75) is 13.0 Å². The van der Waals surface area contributed by atoms with Gasteiger partial charge in [-0.05, 0) is 29.1 Å². The lowest BCUT2D eigenvalue weighted by Crippen LogP contribution is -2.28. The Hall–Kier alpha value is -3.00. The van der Waals surface area contributed by atoms with Gasteiger partial charge >= 0.3 is 0 Å². The van der Waals surface area contributed by atoms with Gasteiger partial charge in [-0.2, -0.15) is 9.61 Å². The lowest BCUT2D eigenvalue weighted by molar-refractivity contribution is 0.693. The highest BCUT2D eigenvalue weighted by molar-refractivity contribution is 7.09. The van der Waals surface area contributed by atoms with Crippen molar-refractivity contribution in [3.8, 4) is 0 Å². The highest BCUT2D eigenvalue weighted by atomic mass is 32.1. The van der Waals surface area contributed by atoms with Gasteiger partial charge in [-0.3, -0.25) is 9.36 Å². The molecule has 0 fully saturated rings. The largest absolute Gasteiger partial charge is 0.399 e. The van der Waals surface area contributed by atoms with Crippen LogP contribution in [0.25, 0.3) is 5.78 Å². The van der Waals surface area contributed by atoms with E-state index in [1.54, 1.807) is 15.9 Å². The van der Waals surface area contributed by atoms with Gasteiger partial charge < -0.3 is 5.73 Å². The Morgan fingerprint density at radius 3 is 2.92 bits per heavy atom. The van der Waals surface area contributed by atoms with Gasteiger partial charge in [0.05, 0.1) is 6.54 Å². The zero-order valence-electron chi connectivity index (χ0n) is 12.7. The van der Waals surface area contributed by atoms with Crippen molar-refractivity contribution < 1.29 is 0 Å². The summed E-state index contributed by atoms with van der Waals surface area (Å²) < 4.78 is 3.12. The van der Waals surface area contributed by atoms with Gasteiger partial charge in [-0.1, -0.05) is 18.2 Å². The Kier molecular flexibility index (Phi) is 3.58. The van der Waals surface area contributed by atoms with E-state index in [1.165, 1.54) is 10.8 Å². The van der Waals surface area contributed by atoms with E-state index in [9.17, 15) is 4.79 Å².